The van der Waals surface area contributed by atoms with Gasteiger partial charge in [-0.25, -0.2) is 17.9 Å². The van der Waals surface area contributed by atoms with Crippen LogP contribution in [0.3, 0.4) is 0 Å². The monoisotopic (exact) mass is 312 g/mol. The van der Waals surface area contributed by atoms with Gasteiger partial charge in [0.1, 0.15) is 11.6 Å². The Morgan fingerprint density at radius 2 is 1.95 bits per heavy atom. The second-order valence-corrected chi connectivity index (χ2v) is 7.21. The van der Waals surface area contributed by atoms with Crippen LogP contribution in [-0.2, 0) is 22.0 Å². The van der Waals surface area contributed by atoms with Crippen LogP contribution in [0.25, 0.3) is 0 Å². The van der Waals surface area contributed by atoms with Gasteiger partial charge in [-0.15, -0.1) is 10.2 Å². The third-order valence-corrected chi connectivity index (χ3v) is 3.65. The second kappa shape index (κ2) is 5.19. The van der Waals surface area contributed by atoms with Crippen molar-refractivity contribution in [3.05, 3.63) is 41.5 Å². The summed E-state index contributed by atoms with van der Waals surface area (Å²) in [5.74, 6) is 0.0538. The van der Waals surface area contributed by atoms with Gasteiger partial charge in [-0.2, -0.15) is 0 Å². The fourth-order valence-electron chi connectivity index (χ4n) is 2.10. The Morgan fingerprint density at radius 1 is 1.29 bits per heavy atom. The molecule has 0 saturated heterocycles. The van der Waals surface area contributed by atoms with Crippen molar-refractivity contribution in [2.75, 3.05) is 0 Å². The van der Waals surface area contributed by atoms with Crippen LogP contribution < -0.4 is 5.14 Å². The molecule has 2 aromatic rings. The molecule has 0 bridgehead atoms. The van der Waals surface area contributed by atoms with E-state index in [2.05, 4.69) is 10.2 Å². The van der Waals surface area contributed by atoms with Gasteiger partial charge in [-0.3, -0.25) is 4.57 Å². The zero-order valence-electron chi connectivity index (χ0n) is 12.0. The number of rotatable bonds is 3. The first-order chi connectivity index (χ1) is 9.59. The molecule has 2 N–H and O–H groups in total. The fourth-order valence-corrected chi connectivity index (χ4v) is 2.89. The van der Waals surface area contributed by atoms with E-state index in [0.717, 1.165) is 0 Å². The lowest BCUT2D eigenvalue weighted by Gasteiger charge is -2.24. The highest BCUT2D eigenvalue weighted by atomic mass is 32.2. The van der Waals surface area contributed by atoms with E-state index in [4.69, 9.17) is 5.14 Å². The van der Waals surface area contributed by atoms with Gasteiger partial charge in [0, 0.05) is 12.0 Å². The van der Waals surface area contributed by atoms with E-state index in [9.17, 15) is 12.8 Å². The highest BCUT2D eigenvalue weighted by Crippen LogP contribution is 2.22. The molecular formula is C13H17FN4O2S. The summed E-state index contributed by atoms with van der Waals surface area (Å²) in [6.45, 7) is 5.46. The molecule has 8 heteroatoms. The molecule has 0 amide bonds. The maximum absolute atomic E-state index is 13.2. The summed E-state index contributed by atoms with van der Waals surface area (Å²) in [5.41, 5.74) is 0.0994. The second-order valence-electron chi connectivity index (χ2n) is 5.76. The quantitative estimate of drug-likeness (QED) is 0.927. The molecular weight excluding hydrogens is 295 g/mol. The van der Waals surface area contributed by atoms with Crippen LogP contribution in [0, 0.1) is 5.82 Å². The summed E-state index contributed by atoms with van der Waals surface area (Å²) in [6.07, 6.45) is 0.261. The molecule has 1 heterocycles. The third kappa shape index (κ3) is 3.45. The number of aromatic nitrogens is 3. The Kier molecular flexibility index (Phi) is 3.85. The first-order valence-corrected chi connectivity index (χ1v) is 7.85. The molecule has 0 aliphatic rings. The molecule has 0 aliphatic heterocycles. The fraction of sp³-hybridized carbons (Fsp3) is 0.385. The lowest BCUT2D eigenvalue weighted by Crippen LogP contribution is -2.30. The van der Waals surface area contributed by atoms with Crippen LogP contribution in [-0.4, -0.2) is 23.2 Å². The summed E-state index contributed by atoms with van der Waals surface area (Å²) < 4.78 is 37.9. The van der Waals surface area contributed by atoms with E-state index < -0.39 is 15.6 Å². The van der Waals surface area contributed by atoms with E-state index >= 15 is 0 Å². The molecule has 0 spiro atoms. The van der Waals surface area contributed by atoms with Gasteiger partial charge in [-0.05, 0) is 38.5 Å². The number of benzene rings is 1. The van der Waals surface area contributed by atoms with Crippen molar-refractivity contribution in [1.82, 2.24) is 14.8 Å². The van der Waals surface area contributed by atoms with Crippen molar-refractivity contribution in [3.63, 3.8) is 0 Å². The summed E-state index contributed by atoms with van der Waals surface area (Å²) in [7, 11) is -3.98. The highest BCUT2D eigenvalue weighted by Gasteiger charge is 2.28. The van der Waals surface area contributed by atoms with Gasteiger partial charge in [0.15, 0.2) is 0 Å². The number of hydrogen-bond acceptors (Lipinski definition) is 4. The average Bonchev–Trinajstić information content (AvgIpc) is 2.72. The van der Waals surface area contributed by atoms with Crippen molar-refractivity contribution in [2.45, 2.75) is 37.9 Å². The molecule has 114 valence electrons. The summed E-state index contributed by atoms with van der Waals surface area (Å²) >= 11 is 0. The standard InChI is InChI=1S/C13H17FN4O2S/c1-13(2,3)18-11(16-17-12(18)21(15,19)20)8-9-5-4-6-10(14)7-9/h4-7H,8H2,1-3H3,(H2,15,19,20). The molecule has 1 aromatic carbocycles. The van der Waals surface area contributed by atoms with Crippen molar-refractivity contribution in [3.8, 4) is 0 Å². The van der Waals surface area contributed by atoms with E-state index in [0.29, 0.717) is 11.4 Å². The number of halogens is 1. The van der Waals surface area contributed by atoms with Crippen LogP contribution >= 0.6 is 0 Å². The Hall–Kier alpha value is -1.80. The van der Waals surface area contributed by atoms with Crippen LogP contribution in [0.15, 0.2) is 29.4 Å². The van der Waals surface area contributed by atoms with Crippen LogP contribution in [0.1, 0.15) is 32.2 Å². The molecule has 0 radical (unpaired) electrons. The number of sulfonamides is 1. The van der Waals surface area contributed by atoms with Gasteiger partial charge in [0.2, 0.25) is 0 Å². The molecule has 21 heavy (non-hydrogen) atoms. The van der Waals surface area contributed by atoms with Gasteiger partial charge < -0.3 is 0 Å². The first-order valence-electron chi connectivity index (χ1n) is 6.31. The van der Waals surface area contributed by atoms with E-state index in [1.165, 1.54) is 16.7 Å². The maximum Gasteiger partial charge on any atom is 0.273 e. The molecule has 6 nitrogen and oxygen atoms in total. The van der Waals surface area contributed by atoms with Crippen molar-refractivity contribution in [1.29, 1.82) is 0 Å². The Labute approximate surface area is 122 Å². The molecule has 1 aromatic heterocycles. The largest absolute Gasteiger partial charge is 0.295 e. The number of primary sulfonamides is 1. The Bertz CT molecular complexity index is 763. The lowest BCUT2D eigenvalue weighted by molar-refractivity contribution is 0.351. The smallest absolute Gasteiger partial charge is 0.273 e. The minimum atomic E-state index is -3.98. The summed E-state index contributed by atoms with van der Waals surface area (Å²) in [4.78, 5) is 0. The number of hydrogen-bond donors (Lipinski definition) is 1. The lowest BCUT2D eigenvalue weighted by atomic mass is 10.1. The highest BCUT2D eigenvalue weighted by molar-refractivity contribution is 7.89. The predicted octanol–water partition coefficient (Wildman–Crippen LogP) is 1.41. The topological polar surface area (TPSA) is 90.9 Å². The van der Waals surface area contributed by atoms with Crippen molar-refractivity contribution < 1.29 is 12.8 Å². The van der Waals surface area contributed by atoms with E-state index in [-0.39, 0.29) is 17.4 Å². The average molecular weight is 312 g/mol. The molecule has 0 aliphatic carbocycles. The first kappa shape index (κ1) is 15.6. The SMILES string of the molecule is CC(C)(C)n1c(Cc2cccc(F)c2)nnc1S(N)(=O)=O. The predicted molar refractivity (Wildman–Crippen MR) is 75.6 cm³/mol. The Balaban J connectivity index is 2.53. The van der Waals surface area contributed by atoms with Crippen LogP contribution in [0.5, 0.6) is 0 Å². The van der Waals surface area contributed by atoms with Gasteiger partial charge in [0.05, 0.1) is 0 Å². The number of nitrogens with zero attached hydrogens (tertiary/aromatic N) is 3. The van der Waals surface area contributed by atoms with Crippen molar-refractivity contribution >= 4 is 10.0 Å². The minimum Gasteiger partial charge on any atom is -0.295 e. The third-order valence-electron chi connectivity index (χ3n) is 2.88. The van der Waals surface area contributed by atoms with E-state index in [1.807, 2.05) is 20.8 Å². The van der Waals surface area contributed by atoms with Gasteiger partial charge in [-0.1, -0.05) is 12.1 Å². The summed E-state index contributed by atoms with van der Waals surface area (Å²) in [6, 6.07) is 6.04. The maximum atomic E-state index is 13.2. The molecule has 0 unspecified atom stereocenters. The Morgan fingerprint density at radius 3 is 2.48 bits per heavy atom. The molecule has 0 atom stereocenters. The number of nitrogens with two attached hydrogens (primary N) is 1. The van der Waals surface area contributed by atoms with E-state index in [1.54, 1.807) is 12.1 Å². The molecule has 0 saturated carbocycles. The minimum absolute atomic E-state index is 0.261. The molecule has 2 rings (SSSR count). The normalized spacial score (nSPS) is 12.6. The zero-order valence-corrected chi connectivity index (χ0v) is 12.9. The summed E-state index contributed by atoms with van der Waals surface area (Å²) in [5, 5.41) is 12.5. The van der Waals surface area contributed by atoms with Gasteiger partial charge in [0.25, 0.3) is 15.2 Å². The van der Waals surface area contributed by atoms with Crippen LogP contribution in [0.4, 0.5) is 4.39 Å². The molecule has 0 fully saturated rings. The van der Waals surface area contributed by atoms with Crippen LogP contribution in [0.2, 0.25) is 0 Å². The zero-order chi connectivity index (χ0) is 15.8. The van der Waals surface area contributed by atoms with Gasteiger partial charge >= 0.3 is 0 Å². The van der Waals surface area contributed by atoms with Crippen molar-refractivity contribution in [2.24, 2.45) is 5.14 Å².